The van der Waals surface area contributed by atoms with Crippen LogP contribution in [0.4, 0.5) is 0 Å². The van der Waals surface area contributed by atoms with Gasteiger partial charge in [0, 0.05) is 1.43 Å². The van der Waals surface area contributed by atoms with E-state index in [0.717, 1.165) is 11.2 Å². The van der Waals surface area contributed by atoms with E-state index in [2.05, 4.69) is 39.2 Å². The topological polar surface area (TPSA) is 67.3 Å². The van der Waals surface area contributed by atoms with Gasteiger partial charge in [-0.25, -0.2) is 9.97 Å². The summed E-state index contributed by atoms with van der Waals surface area (Å²) in [6.07, 6.45) is 4.11. The van der Waals surface area contributed by atoms with Crippen LogP contribution in [0.2, 0.25) is 0 Å². The Labute approximate surface area is 84.5 Å². The molecule has 2 aromatic heterocycles. The molecule has 0 aromatic carbocycles. The lowest BCUT2D eigenvalue weighted by Crippen LogP contribution is -1.84. The predicted molar refractivity (Wildman–Crippen MR) is 56.9 cm³/mol. The van der Waals surface area contributed by atoms with Crippen molar-refractivity contribution in [2.24, 2.45) is 0 Å². The van der Waals surface area contributed by atoms with Crippen LogP contribution in [-0.2, 0) is 0 Å². The van der Waals surface area contributed by atoms with Gasteiger partial charge < -0.3 is 0 Å². The average molecular weight is 195 g/mol. The van der Waals surface area contributed by atoms with Gasteiger partial charge in [-0.1, -0.05) is 26.7 Å². The normalized spacial score (nSPS) is 9.64. The van der Waals surface area contributed by atoms with Gasteiger partial charge in [-0.15, -0.1) is 5.10 Å². The highest BCUT2D eigenvalue weighted by Gasteiger charge is 2.00. The van der Waals surface area contributed by atoms with Gasteiger partial charge >= 0.3 is 0 Å². The zero-order valence-corrected chi connectivity index (χ0v) is 8.78. The molecule has 0 amide bonds. The second-order valence-corrected chi connectivity index (χ2v) is 2.95. The SMILES string of the molecule is CCCC.Cc1ncnc2n[nH]nc12.[HH]. The molecule has 5 heteroatoms. The van der Waals surface area contributed by atoms with Crippen molar-refractivity contribution >= 4 is 11.2 Å². The van der Waals surface area contributed by atoms with Gasteiger partial charge in [0.05, 0.1) is 5.69 Å². The number of hydrogen-bond acceptors (Lipinski definition) is 4. The Kier molecular flexibility index (Phi) is 3.97. The van der Waals surface area contributed by atoms with Gasteiger partial charge in [-0.05, 0) is 6.92 Å². The van der Waals surface area contributed by atoms with E-state index in [4.69, 9.17) is 0 Å². The molecule has 0 atom stereocenters. The smallest absolute Gasteiger partial charge is 0.204 e. The summed E-state index contributed by atoms with van der Waals surface area (Å²) in [6.45, 7) is 6.23. The first-order valence-corrected chi connectivity index (χ1v) is 4.77. The lowest BCUT2D eigenvalue weighted by molar-refractivity contribution is 0.886. The minimum atomic E-state index is 0. The van der Waals surface area contributed by atoms with Crippen LogP contribution >= 0.6 is 0 Å². The number of rotatable bonds is 1. The third-order valence-corrected chi connectivity index (χ3v) is 1.80. The van der Waals surface area contributed by atoms with Crippen molar-refractivity contribution in [3.05, 3.63) is 12.0 Å². The number of nitrogens with zero attached hydrogens (tertiary/aromatic N) is 4. The molecular formula is C9H17N5. The predicted octanol–water partition coefficient (Wildman–Crippen LogP) is 2.11. The molecule has 0 saturated heterocycles. The van der Waals surface area contributed by atoms with Crippen LogP contribution in [0.15, 0.2) is 6.33 Å². The van der Waals surface area contributed by atoms with Crippen molar-refractivity contribution in [1.29, 1.82) is 0 Å². The van der Waals surface area contributed by atoms with Gasteiger partial charge in [-0.2, -0.15) is 10.3 Å². The molecule has 0 spiro atoms. The molecule has 0 unspecified atom stereocenters. The lowest BCUT2D eigenvalue weighted by atomic mass is 10.4. The van der Waals surface area contributed by atoms with Crippen molar-refractivity contribution in [1.82, 2.24) is 25.4 Å². The third-order valence-electron chi connectivity index (χ3n) is 1.80. The van der Waals surface area contributed by atoms with Crippen molar-refractivity contribution < 1.29 is 1.43 Å². The zero-order valence-electron chi connectivity index (χ0n) is 8.78. The van der Waals surface area contributed by atoms with Gasteiger partial charge in [0.25, 0.3) is 0 Å². The molecule has 2 aromatic rings. The lowest BCUT2D eigenvalue weighted by Gasteiger charge is -1.86. The fourth-order valence-electron chi connectivity index (χ4n) is 0.789. The first-order valence-electron chi connectivity index (χ1n) is 4.77. The summed E-state index contributed by atoms with van der Waals surface area (Å²) in [5, 5.41) is 10.1. The largest absolute Gasteiger partial charge is 0.239 e. The van der Waals surface area contributed by atoms with Crippen molar-refractivity contribution in [2.45, 2.75) is 33.6 Å². The highest BCUT2D eigenvalue weighted by atomic mass is 15.3. The summed E-state index contributed by atoms with van der Waals surface area (Å²) in [6, 6.07) is 0. The Hall–Kier alpha value is -1.52. The number of aromatic nitrogens is 5. The van der Waals surface area contributed by atoms with E-state index in [1.54, 1.807) is 0 Å². The Morgan fingerprint density at radius 2 is 1.93 bits per heavy atom. The molecule has 0 bridgehead atoms. The van der Waals surface area contributed by atoms with E-state index in [0.29, 0.717) is 5.65 Å². The van der Waals surface area contributed by atoms with E-state index < -0.39 is 0 Å². The van der Waals surface area contributed by atoms with E-state index in [-0.39, 0.29) is 1.43 Å². The minimum absolute atomic E-state index is 0. The highest BCUT2D eigenvalue weighted by Crippen LogP contribution is 2.04. The molecule has 2 heterocycles. The summed E-state index contributed by atoms with van der Waals surface area (Å²) in [4.78, 5) is 7.83. The number of H-pyrrole nitrogens is 1. The monoisotopic (exact) mass is 195 g/mol. The van der Waals surface area contributed by atoms with Crippen LogP contribution in [0.3, 0.4) is 0 Å². The van der Waals surface area contributed by atoms with Crippen LogP contribution in [0.5, 0.6) is 0 Å². The summed E-state index contributed by atoms with van der Waals surface area (Å²) in [5.74, 6) is 0. The molecule has 78 valence electrons. The van der Waals surface area contributed by atoms with Crippen LogP contribution in [0.25, 0.3) is 11.2 Å². The van der Waals surface area contributed by atoms with Gasteiger partial charge in [0.15, 0.2) is 5.52 Å². The van der Waals surface area contributed by atoms with E-state index in [1.165, 1.54) is 19.2 Å². The molecule has 0 radical (unpaired) electrons. The van der Waals surface area contributed by atoms with Crippen molar-refractivity contribution in [2.75, 3.05) is 0 Å². The molecule has 0 aliphatic heterocycles. The minimum Gasteiger partial charge on any atom is -0.239 e. The quantitative estimate of drug-likeness (QED) is 0.756. The maximum absolute atomic E-state index is 3.95. The third kappa shape index (κ3) is 2.48. The maximum Gasteiger partial charge on any atom is 0.204 e. The Morgan fingerprint density at radius 1 is 1.21 bits per heavy atom. The van der Waals surface area contributed by atoms with E-state index in [9.17, 15) is 0 Å². The summed E-state index contributed by atoms with van der Waals surface area (Å²) < 4.78 is 0. The number of aromatic amines is 1. The second-order valence-electron chi connectivity index (χ2n) is 2.95. The first kappa shape index (κ1) is 10.6. The van der Waals surface area contributed by atoms with Crippen LogP contribution in [-0.4, -0.2) is 25.4 Å². The van der Waals surface area contributed by atoms with E-state index >= 15 is 0 Å². The highest BCUT2D eigenvalue weighted by molar-refractivity contribution is 5.70. The number of nitrogens with one attached hydrogen (secondary N) is 1. The molecule has 0 aliphatic rings. The molecule has 2 rings (SSSR count). The van der Waals surface area contributed by atoms with Crippen LogP contribution < -0.4 is 0 Å². The fourth-order valence-corrected chi connectivity index (χ4v) is 0.789. The van der Waals surface area contributed by atoms with E-state index in [1.807, 2.05) is 6.92 Å². The molecule has 1 N–H and O–H groups in total. The zero-order chi connectivity index (χ0) is 10.4. The van der Waals surface area contributed by atoms with Crippen LogP contribution in [0, 0.1) is 6.92 Å². The Balaban J connectivity index is 0.000000346. The maximum atomic E-state index is 3.95. The van der Waals surface area contributed by atoms with Crippen molar-refractivity contribution in [3.8, 4) is 0 Å². The summed E-state index contributed by atoms with van der Waals surface area (Å²) >= 11 is 0. The summed E-state index contributed by atoms with van der Waals surface area (Å²) in [5.41, 5.74) is 2.20. The molecule has 14 heavy (non-hydrogen) atoms. The molecule has 0 aliphatic carbocycles. The van der Waals surface area contributed by atoms with Gasteiger partial charge in [0.1, 0.15) is 6.33 Å². The number of aryl methyl sites for hydroxylation is 1. The Morgan fingerprint density at radius 3 is 2.50 bits per heavy atom. The number of unbranched alkanes of at least 4 members (excludes halogenated alkanes) is 1. The first-order chi connectivity index (χ1) is 6.79. The summed E-state index contributed by atoms with van der Waals surface area (Å²) in [7, 11) is 0. The van der Waals surface area contributed by atoms with Gasteiger partial charge in [0.2, 0.25) is 5.65 Å². The number of fused-ring (bicyclic) bond motifs is 1. The average Bonchev–Trinajstić information content (AvgIpc) is 2.68. The standard InChI is InChI=1S/C5H5N5.C4H10.H2/c1-3-4-5(7-2-6-3)9-10-8-4;1-3-4-2;/h2H,1H3,(H,6,7,8,9,10);3-4H2,1-2H3;1H. The molecular weight excluding hydrogens is 178 g/mol. The fraction of sp³-hybridized carbons (Fsp3) is 0.556. The second kappa shape index (κ2) is 5.26. The molecule has 5 nitrogen and oxygen atoms in total. The number of hydrogen-bond donors (Lipinski definition) is 1. The molecule has 0 fully saturated rings. The Bertz CT molecular complexity index is 385. The van der Waals surface area contributed by atoms with Gasteiger partial charge in [-0.3, -0.25) is 0 Å². The molecule has 0 saturated carbocycles. The van der Waals surface area contributed by atoms with Crippen molar-refractivity contribution in [3.63, 3.8) is 0 Å². The van der Waals surface area contributed by atoms with Crippen LogP contribution in [0.1, 0.15) is 33.8 Å².